The Morgan fingerprint density at radius 2 is 1.38 bits per heavy atom. The minimum absolute atomic E-state index is 0.241. The van der Waals surface area contributed by atoms with Crippen molar-refractivity contribution in [2.24, 2.45) is 0 Å². The number of hydrogen-bond donors (Lipinski definition) is 2. The lowest BCUT2D eigenvalue weighted by atomic mass is 10.1. The summed E-state index contributed by atoms with van der Waals surface area (Å²) in [7, 11) is -4.45. The number of rotatable bonds is 10. The smallest absolute Gasteiger partial charge is 0.322 e. The van der Waals surface area contributed by atoms with Crippen LogP contribution in [0.3, 0.4) is 0 Å². The Balaban J connectivity index is 2.30. The molecule has 0 saturated heterocycles. The summed E-state index contributed by atoms with van der Waals surface area (Å²) in [5.41, 5.74) is 2.05. The van der Waals surface area contributed by atoms with Crippen molar-refractivity contribution < 1.29 is 19.2 Å². The second-order valence-electron chi connectivity index (χ2n) is 6.45. The van der Waals surface area contributed by atoms with Crippen LogP contribution in [0, 0.1) is 0 Å². The van der Waals surface area contributed by atoms with Crippen molar-refractivity contribution in [3.63, 3.8) is 0 Å². The first-order chi connectivity index (χ1) is 12.4. The van der Waals surface area contributed by atoms with E-state index >= 15 is 0 Å². The highest BCUT2D eigenvalue weighted by Crippen LogP contribution is 2.56. The van der Waals surface area contributed by atoms with Crippen LogP contribution in [0.5, 0.6) is 0 Å². The zero-order chi connectivity index (χ0) is 19.0. The van der Waals surface area contributed by atoms with E-state index in [-0.39, 0.29) is 6.42 Å². The van der Waals surface area contributed by atoms with Gasteiger partial charge in [-0.1, -0.05) is 80.9 Å². The third kappa shape index (κ3) is 5.50. The normalized spacial score (nSPS) is 14.3. The molecule has 0 aliphatic carbocycles. The molecule has 2 aromatic rings. The molecule has 142 valence electrons. The first-order valence-electron chi connectivity index (χ1n) is 8.98. The van der Waals surface area contributed by atoms with Crippen molar-refractivity contribution in [1.82, 2.24) is 5.06 Å². The van der Waals surface area contributed by atoms with Crippen molar-refractivity contribution in [2.45, 2.75) is 51.5 Å². The van der Waals surface area contributed by atoms with Crippen LogP contribution in [0.2, 0.25) is 0 Å². The van der Waals surface area contributed by atoms with Crippen LogP contribution >= 0.6 is 7.60 Å². The molecule has 5 nitrogen and oxygen atoms in total. The molecular formula is C20H28NO4P. The topological polar surface area (TPSA) is 70.0 Å². The van der Waals surface area contributed by atoms with Gasteiger partial charge < -0.3 is 9.79 Å². The standard InChI is InChI=1S/C20H28NO4P/c1-3-15-20(4-2,26(22,23)24)25-21(16-18-11-7-5-8-12-18)17-19-13-9-6-10-14-19/h5-14H,3-4,15-17H2,1-2H3,(H2,22,23,24). The molecule has 0 amide bonds. The van der Waals surface area contributed by atoms with Crippen molar-refractivity contribution >= 4 is 7.60 Å². The fourth-order valence-electron chi connectivity index (χ4n) is 3.02. The second-order valence-corrected chi connectivity index (χ2v) is 8.36. The first-order valence-corrected chi connectivity index (χ1v) is 10.6. The fraction of sp³-hybridized carbons (Fsp3) is 0.400. The zero-order valence-corrected chi connectivity index (χ0v) is 16.3. The summed E-state index contributed by atoms with van der Waals surface area (Å²) in [6, 6.07) is 19.6. The Labute approximate surface area is 155 Å². The summed E-state index contributed by atoms with van der Waals surface area (Å²) in [4.78, 5) is 26.1. The highest BCUT2D eigenvalue weighted by Gasteiger charge is 2.48. The molecule has 0 saturated carbocycles. The summed E-state index contributed by atoms with van der Waals surface area (Å²) in [6.07, 6.45) is 1.17. The molecule has 6 heteroatoms. The van der Waals surface area contributed by atoms with Gasteiger partial charge in [-0.3, -0.25) is 9.40 Å². The molecule has 2 N–H and O–H groups in total. The molecule has 1 atom stereocenters. The third-order valence-corrected chi connectivity index (χ3v) is 6.11. The molecular weight excluding hydrogens is 349 g/mol. The Morgan fingerprint density at radius 3 is 1.73 bits per heavy atom. The van der Waals surface area contributed by atoms with Gasteiger partial charge in [-0.2, -0.15) is 5.06 Å². The van der Waals surface area contributed by atoms with Gasteiger partial charge in [0.1, 0.15) is 0 Å². The average Bonchev–Trinajstić information content (AvgIpc) is 2.62. The Morgan fingerprint density at radius 1 is 0.923 bits per heavy atom. The van der Waals surface area contributed by atoms with E-state index in [4.69, 9.17) is 4.84 Å². The molecule has 2 rings (SSSR count). The number of hydrogen-bond acceptors (Lipinski definition) is 3. The summed E-state index contributed by atoms with van der Waals surface area (Å²) < 4.78 is 12.3. The first kappa shape index (κ1) is 20.8. The lowest BCUT2D eigenvalue weighted by Gasteiger charge is -2.37. The summed E-state index contributed by atoms with van der Waals surface area (Å²) in [5.74, 6) is 0. The lowest BCUT2D eigenvalue weighted by molar-refractivity contribution is -0.237. The van der Waals surface area contributed by atoms with Crippen molar-refractivity contribution in [2.75, 3.05) is 0 Å². The van der Waals surface area contributed by atoms with Gasteiger partial charge in [0.15, 0.2) is 5.34 Å². The lowest BCUT2D eigenvalue weighted by Crippen LogP contribution is -2.39. The van der Waals surface area contributed by atoms with Gasteiger partial charge >= 0.3 is 7.60 Å². The van der Waals surface area contributed by atoms with E-state index in [2.05, 4.69) is 0 Å². The molecule has 2 aromatic carbocycles. The minimum atomic E-state index is -4.45. The molecule has 0 fully saturated rings. The molecule has 0 aliphatic rings. The highest BCUT2D eigenvalue weighted by atomic mass is 31.2. The van der Waals surface area contributed by atoms with E-state index < -0.39 is 12.9 Å². The second kappa shape index (κ2) is 9.45. The molecule has 0 aliphatic heterocycles. The SMILES string of the molecule is CCCC(CC)(ON(Cc1ccccc1)Cc1ccccc1)P(=O)(O)O. The highest BCUT2D eigenvalue weighted by molar-refractivity contribution is 7.53. The predicted octanol–water partition coefficient (Wildman–Crippen LogP) is 4.70. The van der Waals surface area contributed by atoms with Crippen molar-refractivity contribution in [1.29, 1.82) is 0 Å². The van der Waals surface area contributed by atoms with Crippen LogP contribution in [0.4, 0.5) is 0 Å². The molecule has 0 spiro atoms. The van der Waals surface area contributed by atoms with Crippen molar-refractivity contribution in [3.8, 4) is 0 Å². The number of nitrogens with zero attached hydrogens (tertiary/aromatic N) is 1. The quantitative estimate of drug-likeness (QED) is 0.464. The van der Waals surface area contributed by atoms with Crippen LogP contribution in [-0.2, 0) is 22.5 Å². The average molecular weight is 377 g/mol. The third-order valence-electron chi connectivity index (χ3n) is 4.43. The fourth-order valence-corrected chi connectivity index (χ4v) is 4.17. The van der Waals surface area contributed by atoms with E-state index in [0.29, 0.717) is 25.9 Å². The maximum Gasteiger partial charge on any atom is 0.359 e. The van der Waals surface area contributed by atoms with Gasteiger partial charge in [-0.05, 0) is 24.0 Å². The van der Waals surface area contributed by atoms with Gasteiger partial charge in [0, 0.05) is 13.1 Å². The van der Waals surface area contributed by atoms with Gasteiger partial charge in [0.05, 0.1) is 0 Å². The van der Waals surface area contributed by atoms with E-state index in [0.717, 1.165) is 11.1 Å². The molecule has 26 heavy (non-hydrogen) atoms. The van der Waals surface area contributed by atoms with Crippen LogP contribution in [0.15, 0.2) is 60.7 Å². The maximum atomic E-state index is 12.3. The van der Waals surface area contributed by atoms with E-state index in [1.54, 1.807) is 12.0 Å². The molecule has 0 bridgehead atoms. The molecule has 1 unspecified atom stereocenters. The van der Waals surface area contributed by atoms with Crippen molar-refractivity contribution in [3.05, 3.63) is 71.8 Å². The van der Waals surface area contributed by atoms with Gasteiger partial charge in [-0.25, -0.2) is 0 Å². The largest absolute Gasteiger partial charge is 0.359 e. The predicted molar refractivity (Wildman–Crippen MR) is 103 cm³/mol. The van der Waals surface area contributed by atoms with Gasteiger partial charge in [0.25, 0.3) is 0 Å². The van der Waals surface area contributed by atoms with E-state index in [9.17, 15) is 14.4 Å². The minimum Gasteiger partial charge on any atom is -0.322 e. The number of benzene rings is 2. The van der Waals surface area contributed by atoms with Crippen LogP contribution in [0.1, 0.15) is 44.2 Å². The van der Waals surface area contributed by atoms with Gasteiger partial charge in [0.2, 0.25) is 0 Å². The number of hydroxylamine groups is 2. The van der Waals surface area contributed by atoms with Crippen LogP contribution < -0.4 is 0 Å². The van der Waals surface area contributed by atoms with E-state index in [1.165, 1.54) is 0 Å². The monoisotopic (exact) mass is 377 g/mol. The van der Waals surface area contributed by atoms with E-state index in [1.807, 2.05) is 67.6 Å². The maximum absolute atomic E-state index is 12.3. The summed E-state index contributed by atoms with van der Waals surface area (Å²) >= 11 is 0. The van der Waals surface area contributed by atoms with Crippen LogP contribution in [0.25, 0.3) is 0 Å². The molecule has 0 aromatic heterocycles. The summed E-state index contributed by atoms with van der Waals surface area (Å²) in [6.45, 7) is 4.56. The summed E-state index contributed by atoms with van der Waals surface area (Å²) in [5, 5.41) is 0.175. The van der Waals surface area contributed by atoms with Gasteiger partial charge in [-0.15, -0.1) is 0 Å². The molecule has 0 radical (unpaired) electrons. The zero-order valence-electron chi connectivity index (χ0n) is 15.4. The van der Waals surface area contributed by atoms with Crippen LogP contribution in [-0.4, -0.2) is 20.2 Å². The Kier molecular flexibility index (Phi) is 7.56. The Hall–Kier alpha value is -1.49. The molecule has 0 heterocycles. The Bertz CT molecular complexity index is 663.